The van der Waals surface area contributed by atoms with Crippen LogP contribution >= 0.6 is 27.7 Å². The fourth-order valence-corrected chi connectivity index (χ4v) is 3.74. The van der Waals surface area contributed by atoms with E-state index in [0.717, 1.165) is 37.6 Å². The molecule has 0 aliphatic carbocycles. The number of aryl methyl sites for hydroxylation is 3. The number of carbonyl (C=O) groups excluding carboxylic acids is 1. The van der Waals surface area contributed by atoms with Crippen LogP contribution in [0.15, 0.2) is 58.0 Å². The molecule has 0 atom stereocenters. The lowest BCUT2D eigenvalue weighted by Gasteiger charge is -2.12. The van der Waals surface area contributed by atoms with Crippen LogP contribution in [0.25, 0.3) is 11.3 Å². The zero-order chi connectivity index (χ0) is 19.4. The molecule has 3 rings (SSSR count). The number of halogens is 1. The summed E-state index contributed by atoms with van der Waals surface area (Å²) in [5.41, 5.74) is 6.04. The molecule has 0 aliphatic heterocycles. The van der Waals surface area contributed by atoms with Crippen LogP contribution in [0, 0.1) is 20.8 Å². The summed E-state index contributed by atoms with van der Waals surface area (Å²) < 4.78 is 1.02. The van der Waals surface area contributed by atoms with Gasteiger partial charge in [-0.25, -0.2) is 0 Å². The lowest BCUT2D eigenvalue weighted by Crippen LogP contribution is -2.16. The summed E-state index contributed by atoms with van der Waals surface area (Å²) in [5.74, 6) is 0.243. The number of thioether (sulfide) groups is 1. The Kier molecular flexibility index (Phi) is 6.29. The van der Waals surface area contributed by atoms with Gasteiger partial charge in [0.1, 0.15) is 5.03 Å². The van der Waals surface area contributed by atoms with Crippen molar-refractivity contribution < 1.29 is 4.79 Å². The van der Waals surface area contributed by atoms with Gasteiger partial charge in [0, 0.05) is 15.7 Å². The summed E-state index contributed by atoms with van der Waals surface area (Å²) in [5, 5.41) is 12.2. The third kappa shape index (κ3) is 5.17. The predicted molar refractivity (Wildman–Crippen MR) is 115 cm³/mol. The van der Waals surface area contributed by atoms with E-state index < -0.39 is 0 Å². The molecule has 4 nitrogen and oxygen atoms in total. The molecule has 3 aromatic rings. The van der Waals surface area contributed by atoms with Crippen molar-refractivity contribution in [2.45, 2.75) is 25.8 Å². The van der Waals surface area contributed by atoms with Crippen molar-refractivity contribution in [3.63, 3.8) is 0 Å². The smallest absolute Gasteiger partial charge is 0.234 e. The highest BCUT2D eigenvalue weighted by molar-refractivity contribution is 9.10. The molecular weight excluding hydrogens is 422 g/mol. The standard InChI is InChI=1S/C21H20BrN3OS/c1-13-10-14(2)21(15(3)11-13)23-19(26)12-27-20-9-8-18(24-25-20)16-4-6-17(22)7-5-16/h4-11H,12H2,1-3H3,(H,23,26). The van der Waals surface area contributed by atoms with Gasteiger partial charge in [-0.1, -0.05) is 57.5 Å². The Morgan fingerprint density at radius 2 is 1.67 bits per heavy atom. The van der Waals surface area contributed by atoms with Crippen LogP contribution in [-0.4, -0.2) is 21.9 Å². The minimum atomic E-state index is -0.0474. The number of carbonyl (C=O) groups is 1. The van der Waals surface area contributed by atoms with E-state index in [1.165, 1.54) is 17.3 Å². The summed E-state index contributed by atoms with van der Waals surface area (Å²) in [4.78, 5) is 12.3. The van der Waals surface area contributed by atoms with Gasteiger partial charge in [-0.15, -0.1) is 10.2 Å². The van der Waals surface area contributed by atoms with E-state index in [0.29, 0.717) is 5.75 Å². The Balaban J connectivity index is 1.60. The topological polar surface area (TPSA) is 54.9 Å². The maximum atomic E-state index is 12.3. The number of anilines is 1. The number of benzene rings is 2. The summed E-state index contributed by atoms with van der Waals surface area (Å²) in [7, 11) is 0. The maximum absolute atomic E-state index is 12.3. The summed E-state index contributed by atoms with van der Waals surface area (Å²) in [6.07, 6.45) is 0. The van der Waals surface area contributed by atoms with Gasteiger partial charge in [-0.3, -0.25) is 4.79 Å². The molecule has 0 fully saturated rings. The minimum absolute atomic E-state index is 0.0474. The first kappa shape index (κ1) is 19.6. The zero-order valence-electron chi connectivity index (χ0n) is 15.4. The summed E-state index contributed by atoms with van der Waals surface area (Å²) >= 11 is 4.80. The van der Waals surface area contributed by atoms with Crippen molar-refractivity contribution in [3.05, 3.63) is 69.7 Å². The number of nitrogens with one attached hydrogen (secondary N) is 1. The Labute approximate surface area is 171 Å². The molecular formula is C21H20BrN3OS. The predicted octanol–water partition coefficient (Wildman–Crippen LogP) is 5.56. The molecule has 0 bridgehead atoms. The van der Waals surface area contributed by atoms with E-state index in [4.69, 9.17) is 0 Å². The second-order valence-corrected chi connectivity index (χ2v) is 8.29. The molecule has 0 saturated carbocycles. The monoisotopic (exact) mass is 441 g/mol. The third-order valence-electron chi connectivity index (χ3n) is 4.07. The molecule has 1 N–H and O–H groups in total. The van der Waals surface area contributed by atoms with Crippen molar-refractivity contribution in [1.82, 2.24) is 10.2 Å². The Morgan fingerprint density at radius 1 is 1.00 bits per heavy atom. The maximum Gasteiger partial charge on any atom is 0.234 e. The molecule has 0 spiro atoms. The van der Waals surface area contributed by atoms with Crippen molar-refractivity contribution in [3.8, 4) is 11.3 Å². The Hall–Kier alpha value is -2.18. The lowest BCUT2D eigenvalue weighted by atomic mass is 10.1. The highest BCUT2D eigenvalue weighted by Crippen LogP contribution is 2.24. The van der Waals surface area contributed by atoms with Gasteiger partial charge in [-0.05, 0) is 56.2 Å². The van der Waals surface area contributed by atoms with Crippen LogP contribution in [0.5, 0.6) is 0 Å². The van der Waals surface area contributed by atoms with E-state index in [2.05, 4.69) is 50.5 Å². The third-order valence-corrected chi connectivity index (χ3v) is 5.52. The molecule has 6 heteroatoms. The van der Waals surface area contributed by atoms with Crippen LogP contribution in [0.2, 0.25) is 0 Å². The number of hydrogen-bond donors (Lipinski definition) is 1. The lowest BCUT2D eigenvalue weighted by molar-refractivity contribution is -0.113. The molecule has 2 aromatic carbocycles. The highest BCUT2D eigenvalue weighted by atomic mass is 79.9. The van der Waals surface area contributed by atoms with Gasteiger partial charge in [0.15, 0.2) is 0 Å². The van der Waals surface area contributed by atoms with Gasteiger partial charge in [0.05, 0.1) is 11.4 Å². The van der Waals surface area contributed by atoms with Gasteiger partial charge >= 0.3 is 0 Å². The van der Waals surface area contributed by atoms with Crippen LogP contribution < -0.4 is 5.32 Å². The first-order valence-electron chi connectivity index (χ1n) is 8.52. The molecule has 1 aromatic heterocycles. The number of aromatic nitrogens is 2. The highest BCUT2D eigenvalue weighted by Gasteiger charge is 2.10. The summed E-state index contributed by atoms with van der Waals surface area (Å²) in [6.45, 7) is 6.07. The Bertz CT molecular complexity index is 933. The number of amides is 1. The molecule has 0 unspecified atom stereocenters. The van der Waals surface area contributed by atoms with Gasteiger partial charge in [0.2, 0.25) is 5.91 Å². The average molecular weight is 442 g/mol. The van der Waals surface area contributed by atoms with Gasteiger partial charge < -0.3 is 5.32 Å². The molecule has 0 aliphatic rings. The minimum Gasteiger partial charge on any atom is -0.325 e. The van der Waals surface area contributed by atoms with E-state index >= 15 is 0 Å². The molecule has 1 heterocycles. The van der Waals surface area contributed by atoms with Crippen LogP contribution in [0.1, 0.15) is 16.7 Å². The second-order valence-electron chi connectivity index (χ2n) is 6.37. The fourth-order valence-electron chi connectivity index (χ4n) is 2.86. The molecule has 1 amide bonds. The first-order chi connectivity index (χ1) is 12.9. The largest absolute Gasteiger partial charge is 0.325 e. The van der Waals surface area contributed by atoms with Gasteiger partial charge in [-0.2, -0.15) is 0 Å². The number of nitrogens with zero attached hydrogens (tertiary/aromatic N) is 2. The van der Waals surface area contributed by atoms with Crippen molar-refractivity contribution in [2.75, 3.05) is 11.1 Å². The second kappa shape index (κ2) is 8.67. The first-order valence-corrected chi connectivity index (χ1v) is 10.3. The van der Waals surface area contributed by atoms with E-state index in [1.807, 2.05) is 50.2 Å². The van der Waals surface area contributed by atoms with Gasteiger partial charge in [0.25, 0.3) is 0 Å². The number of rotatable bonds is 5. The van der Waals surface area contributed by atoms with E-state index in [1.54, 1.807) is 0 Å². The van der Waals surface area contributed by atoms with E-state index in [9.17, 15) is 4.79 Å². The van der Waals surface area contributed by atoms with Crippen molar-refractivity contribution >= 4 is 39.3 Å². The quantitative estimate of drug-likeness (QED) is 0.526. The van der Waals surface area contributed by atoms with Crippen LogP contribution in [0.4, 0.5) is 5.69 Å². The molecule has 27 heavy (non-hydrogen) atoms. The van der Waals surface area contributed by atoms with E-state index in [-0.39, 0.29) is 5.91 Å². The SMILES string of the molecule is Cc1cc(C)c(NC(=O)CSc2ccc(-c3ccc(Br)cc3)nn2)c(C)c1. The van der Waals surface area contributed by atoms with Crippen molar-refractivity contribution in [1.29, 1.82) is 0 Å². The Morgan fingerprint density at radius 3 is 2.26 bits per heavy atom. The molecule has 0 radical (unpaired) electrons. The average Bonchev–Trinajstić information content (AvgIpc) is 2.64. The normalized spacial score (nSPS) is 10.7. The molecule has 0 saturated heterocycles. The van der Waals surface area contributed by atoms with Crippen LogP contribution in [0.3, 0.4) is 0 Å². The molecule has 138 valence electrons. The fraction of sp³-hybridized carbons (Fsp3) is 0.190. The summed E-state index contributed by atoms with van der Waals surface area (Å²) in [6, 6.07) is 15.9. The van der Waals surface area contributed by atoms with Crippen LogP contribution in [-0.2, 0) is 4.79 Å². The van der Waals surface area contributed by atoms with Crippen molar-refractivity contribution in [2.24, 2.45) is 0 Å². The number of hydrogen-bond acceptors (Lipinski definition) is 4. The zero-order valence-corrected chi connectivity index (χ0v) is 17.8.